The molecule has 0 aromatic carbocycles. The third kappa shape index (κ3) is 25.2. The van der Waals surface area contributed by atoms with E-state index in [1.54, 1.807) is 0 Å². The number of nitrogens with zero attached hydrogens (tertiary/aromatic N) is 2. The summed E-state index contributed by atoms with van der Waals surface area (Å²) in [4.78, 5) is 5.42. The van der Waals surface area contributed by atoms with E-state index < -0.39 is 0 Å². The van der Waals surface area contributed by atoms with Crippen LogP contribution >= 0.6 is 0 Å². The maximum Gasteiger partial charge on any atom is 0.101 e. The highest BCUT2D eigenvalue weighted by Gasteiger charge is 2.24. The fourth-order valence-electron chi connectivity index (χ4n) is 7.07. The van der Waals surface area contributed by atoms with E-state index in [2.05, 4.69) is 43.0 Å². The molecule has 0 radical (unpaired) electrons. The Kier molecular flexibility index (Phi) is 30.7. The van der Waals surface area contributed by atoms with Crippen molar-refractivity contribution in [3.05, 3.63) is 12.4 Å². The summed E-state index contributed by atoms with van der Waals surface area (Å²) in [5.74, 6) is 0. The summed E-state index contributed by atoms with van der Waals surface area (Å²) in [7, 11) is 0. The molecule has 2 nitrogen and oxygen atoms in total. The molecule has 0 amide bonds. The van der Waals surface area contributed by atoms with Gasteiger partial charge in [-0.15, -0.1) is 0 Å². The Morgan fingerprint density at radius 3 is 0.814 bits per heavy atom. The minimum absolute atomic E-state index is 0.640. The number of hydrogen-bond donors (Lipinski definition) is 0. The van der Waals surface area contributed by atoms with Crippen LogP contribution in [-0.4, -0.2) is 29.1 Å². The molecular formula is C41H82N2. The Hall–Kier alpha value is -0.660. The SMILES string of the molecule is CCCCCCCCCCCCCCCCCCC1N(CCCCCCCC)C=CN1CCCCCCCCCCCC. The van der Waals surface area contributed by atoms with Gasteiger partial charge in [0.1, 0.15) is 6.17 Å². The quantitative estimate of drug-likeness (QED) is 0.0666. The fraction of sp³-hybridized carbons (Fsp3) is 0.951. The molecule has 1 aliphatic rings. The Labute approximate surface area is 273 Å². The predicted octanol–water partition coefficient (Wildman–Crippen LogP) is 14.3. The van der Waals surface area contributed by atoms with E-state index in [9.17, 15) is 0 Å². The van der Waals surface area contributed by atoms with Crippen molar-refractivity contribution in [2.75, 3.05) is 13.1 Å². The van der Waals surface area contributed by atoms with Crippen LogP contribution in [0.4, 0.5) is 0 Å². The van der Waals surface area contributed by atoms with Gasteiger partial charge in [-0.3, -0.25) is 0 Å². The zero-order chi connectivity index (χ0) is 30.9. The molecule has 0 saturated heterocycles. The highest BCUT2D eigenvalue weighted by molar-refractivity contribution is 4.97. The molecule has 1 atom stereocenters. The van der Waals surface area contributed by atoms with Crippen molar-refractivity contribution < 1.29 is 0 Å². The first-order chi connectivity index (χ1) is 21.3. The second-order valence-corrected chi connectivity index (χ2v) is 14.3. The minimum Gasteiger partial charge on any atom is -0.356 e. The molecule has 0 fully saturated rings. The molecule has 0 N–H and O–H groups in total. The summed E-state index contributed by atoms with van der Waals surface area (Å²) in [6.07, 6.45) is 52.9. The lowest BCUT2D eigenvalue weighted by Crippen LogP contribution is -2.39. The third-order valence-corrected chi connectivity index (χ3v) is 10.1. The molecule has 1 heterocycles. The average Bonchev–Trinajstić information content (AvgIpc) is 3.40. The first kappa shape index (κ1) is 40.4. The lowest BCUT2D eigenvalue weighted by atomic mass is 10.0. The highest BCUT2D eigenvalue weighted by Crippen LogP contribution is 2.24. The van der Waals surface area contributed by atoms with Crippen molar-refractivity contribution in [2.45, 2.75) is 239 Å². The molecule has 1 unspecified atom stereocenters. The van der Waals surface area contributed by atoms with Crippen molar-refractivity contribution in [2.24, 2.45) is 0 Å². The summed E-state index contributed by atoms with van der Waals surface area (Å²) in [6, 6.07) is 0. The van der Waals surface area contributed by atoms with Crippen molar-refractivity contribution in [1.82, 2.24) is 9.80 Å². The lowest BCUT2D eigenvalue weighted by molar-refractivity contribution is 0.135. The highest BCUT2D eigenvalue weighted by atomic mass is 15.4. The Bertz CT molecular complexity index is 558. The van der Waals surface area contributed by atoms with Gasteiger partial charge in [-0.1, -0.05) is 207 Å². The molecule has 0 saturated carbocycles. The monoisotopic (exact) mass is 603 g/mol. The van der Waals surface area contributed by atoms with Gasteiger partial charge in [-0.05, 0) is 25.7 Å². The molecule has 0 aromatic heterocycles. The Morgan fingerprint density at radius 1 is 0.302 bits per heavy atom. The number of rotatable bonds is 35. The second-order valence-electron chi connectivity index (χ2n) is 14.3. The molecule has 43 heavy (non-hydrogen) atoms. The summed E-state index contributed by atoms with van der Waals surface area (Å²) >= 11 is 0. The zero-order valence-electron chi connectivity index (χ0n) is 30.4. The van der Waals surface area contributed by atoms with Gasteiger partial charge in [0.2, 0.25) is 0 Å². The van der Waals surface area contributed by atoms with Crippen LogP contribution < -0.4 is 0 Å². The number of hydrogen-bond acceptors (Lipinski definition) is 2. The molecule has 1 aliphatic heterocycles. The van der Waals surface area contributed by atoms with Gasteiger partial charge in [0.25, 0.3) is 0 Å². The molecule has 0 bridgehead atoms. The molecule has 2 heteroatoms. The van der Waals surface area contributed by atoms with Crippen LogP contribution in [-0.2, 0) is 0 Å². The van der Waals surface area contributed by atoms with E-state index in [-0.39, 0.29) is 0 Å². The molecule has 0 spiro atoms. The van der Waals surface area contributed by atoms with Crippen molar-refractivity contribution in [1.29, 1.82) is 0 Å². The summed E-state index contributed by atoms with van der Waals surface area (Å²) < 4.78 is 0. The average molecular weight is 603 g/mol. The molecule has 1 rings (SSSR count). The van der Waals surface area contributed by atoms with Gasteiger partial charge < -0.3 is 9.80 Å². The zero-order valence-corrected chi connectivity index (χ0v) is 30.4. The van der Waals surface area contributed by atoms with Crippen molar-refractivity contribution >= 4 is 0 Å². The van der Waals surface area contributed by atoms with Gasteiger partial charge in [0, 0.05) is 25.5 Å². The van der Waals surface area contributed by atoms with Crippen LogP contribution in [0.25, 0.3) is 0 Å². The van der Waals surface area contributed by atoms with Gasteiger partial charge in [0.05, 0.1) is 0 Å². The van der Waals surface area contributed by atoms with Crippen LogP contribution in [0, 0.1) is 0 Å². The summed E-state index contributed by atoms with van der Waals surface area (Å²) in [5.41, 5.74) is 0. The van der Waals surface area contributed by atoms with Crippen LogP contribution in [0.3, 0.4) is 0 Å². The molecular weight excluding hydrogens is 520 g/mol. The van der Waals surface area contributed by atoms with Gasteiger partial charge in [-0.2, -0.15) is 0 Å². The van der Waals surface area contributed by atoms with E-state index in [0.717, 1.165) is 0 Å². The van der Waals surface area contributed by atoms with Crippen molar-refractivity contribution in [3.63, 3.8) is 0 Å². The maximum atomic E-state index is 2.72. The predicted molar refractivity (Wildman–Crippen MR) is 196 cm³/mol. The Morgan fingerprint density at radius 2 is 0.535 bits per heavy atom. The van der Waals surface area contributed by atoms with Crippen molar-refractivity contribution in [3.8, 4) is 0 Å². The largest absolute Gasteiger partial charge is 0.356 e. The van der Waals surface area contributed by atoms with E-state index in [1.807, 2.05) is 0 Å². The second kappa shape index (κ2) is 32.7. The first-order valence-electron chi connectivity index (χ1n) is 20.5. The van der Waals surface area contributed by atoms with Gasteiger partial charge in [-0.25, -0.2) is 0 Å². The van der Waals surface area contributed by atoms with Crippen LogP contribution in [0.5, 0.6) is 0 Å². The van der Waals surface area contributed by atoms with E-state index in [1.165, 1.54) is 225 Å². The van der Waals surface area contributed by atoms with Gasteiger partial charge in [0.15, 0.2) is 0 Å². The lowest BCUT2D eigenvalue weighted by Gasteiger charge is -2.33. The number of unbranched alkanes of at least 4 members (excludes halogenated alkanes) is 29. The van der Waals surface area contributed by atoms with E-state index in [0.29, 0.717) is 6.17 Å². The van der Waals surface area contributed by atoms with E-state index >= 15 is 0 Å². The third-order valence-electron chi connectivity index (χ3n) is 10.1. The molecule has 256 valence electrons. The summed E-state index contributed by atoms with van der Waals surface area (Å²) in [6.45, 7) is 9.48. The Balaban J connectivity index is 2.15. The standard InChI is InChI=1S/C41H82N2/c1-4-7-10-13-16-18-20-21-22-23-24-25-26-28-30-33-36-41-42(37-34-31-15-12-9-6-3)39-40-43(41)38-35-32-29-27-19-17-14-11-8-5-2/h39-41H,4-38H2,1-3H3. The van der Waals surface area contributed by atoms with Crippen LogP contribution in [0.15, 0.2) is 12.4 Å². The topological polar surface area (TPSA) is 6.48 Å². The van der Waals surface area contributed by atoms with Crippen LogP contribution in [0.1, 0.15) is 233 Å². The normalized spacial score (nSPS) is 14.9. The summed E-state index contributed by atoms with van der Waals surface area (Å²) in [5, 5.41) is 0. The molecule has 0 aromatic rings. The smallest absolute Gasteiger partial charge is 0.101 e. The van der Waals surface area contributed by atoms with Gasteiger partial charge >= 0.3 is 0 Å². The van der Waals surface area contributed by atoms with Crippen LogP contribution in [0.2, 0.25) is 0 Å². The first-order valence-corrected chi connectivity index (χ1v) is 20.5. The minimum atomic E-state index is 0.640. The fourth-order valence-corrected chi connectivity index (χ4v) is 7.07. The molecule has 0 aliphatic carbocycles. The van der Waals surface area contributed by atoms with E-state index in [4.69, 9.17) is 0 Å². The maximum absolute atomic E-state index is 2.72.